The van der Waals surface area contributed by atoms with Crippen molar-refractivity contribution in [1.29, 1.82) is 0 Å². The van der Waals surface area contributed by atoms with E-state index in [4.69, 9.17) is 5.73 Å². The minimum Gasteiger partial charge on any atom is -0.389 e. The molecule has 72 valence electrons. The number of β-amino-alcohol motifs (C(OH)–C–C–N with tert-alkyl or cyclic N) is 1. The third-order valence-electron chi connectivity index (χ3n) is 2.50. The number of nitrogens with zero attached hydrogens (tertiary/aromatic N) is 1. The summed E-state index contributed by atoms with van der Waals surface area (Å²) in [4.78, 5) is 2.29. The third-order valence-corrected chi connectivity index (χ3v) is 2.50. The highest BCUT2D eigenvalue weighted by molar-refractivity contribution is 4.86. The molecule has 0 aliphatic carbocycles. The van der Waals surface area contributed by atoms with Gasteiger partial charge in [-0.1, -0.05) is 6.92 Å². The van der Waals surface area contributed by atoms with E-state index in [0.717, 1.165) is 32.6 Å². The summed E-state index contributed by atoms with van der Waals surface area (Å²) in [6.07, 6.45) is 0.893. The van der Waals surface area contributed by atoms with Gasteiger partial charge in [-0.15, -0.1) is 0 Å². The van der Waals surface area contributed by atoms with Crippen molar-refractivity contribution in [2.75, 3.05) is 26.2 Å². The van der Waals surface area contributed by atoms with Gasteiger partial charge in [-0.2, -0.15) is 0 Å². The van der Waals surface area contributed by atoms with Crippen LogP contribution in [0.15, 0.2) is 0 Å². The van der Waals surface area contributed by atoms with Gasteiger partial charge in [0.25, 0.3) is 0 Å². The van der Waals surface area contributed by atoms with Crippen molar-refractivity contribution in [3.8, 4) is 0 Å². The molecule has 0 aromatic carbocycles. The molecule has 0 aromatic rings. The Balaban J connectivity index is 2.28. The standard InChI is InChI=1S/C9H20N2O/c1-8(5-10)6-11-4-3-9(2,12)7-11/h8,12H,3-7,10H2,1-2H3. The van der Waals surface area contributed by atoms with E-state index in [0.29, 0.717) is 5.92 Å². The van der Waals surface area contributed by atoms with Gasteiger partial charge in [0, 0.05) is 19.6 Å². The lowest BCUT2D eigenvalue weighted by molar-refractivity contribution is 0.0672. The van der Waals surface area contributed by atoms with Gasteiger partial charge in [0.1, 0.15) is 0 Å². The number of nitrogens with two attached hydrogens (primary N) is 1. The number of likely N-dealkylation sites (tertiary alicyclic amines) is 1. The molecule has 0 spiro atoms. The molecule has 1 aliphatic heterocycles. The monoisotopic (exact) mass is 172 g/mol. The van der Waals surface area contributed by atoms with Crippen molar-refractivity contribution >= 4 is 0 Å². The van der Waals surface area contributed by atoms with E-state index in [1.165, 1.54) is 0 Å². The highest BCUT2D eigenvalue weighted by Gasteiger charge is 2.31. The molecule has 2 atom stereocenters. The van der Waals surface area contributed by atoms with Crippen LogP contribution >= 0.6 is 0 Å². The van der Waals surface area contributed by atoms with Crippen LogP contribution in [-0.2, 0) is 0 Å². The van der Waals surface area contributed by atoms with Gasteiger partial charge in [0.15, 0.2) is 0 Å². The van der Waals surface area contributed by atoms with Crippen LogP contribution in [0.1, 0.15) is 20.3 Å². The summed E-state index contributed by atoms with van der Waals surface area (Å²) in [5.41, 5.74) is 5.06. The molecule has 3 heteroatoms. The Morgan fingerprint density at radius 3 is 2.75 bits per heavy atom. The van der Waals surface area contributed by atoms with Gasteiger partial charge in [-0.05, 0) is 25.8 Å². The molecule has 1 rings (SSSR count). The van der Waals surface area contributed by atoms with Gasteiger partial charge in [0.2, 0.25) is 0 Å². The lowest BCUT2D eigenvalue weighted by Crippen LogP contribution is -2.34. The van der Waals surface area contributed by atoms with Crippen LogP contribution in [0.5, 0.6) is 0 Å². The molecule has 0 aromatic heterocycles. The fourth-order valence-corrected chi connectivity index (χ4v) is 1.71. The number of hydrogen-bond donors (Lipinski definition) is 2. The second-order valence-corrected chi connectivity index (χ2v) is 4.32. The zero-order chi connectivity index (χ0) is 9.19. The molecule has 0 saturated carbocycles. The molecule has 1 saturated heterocycles. The molecule has 3 N–H and O–H groups in total. The lowest BCUT2D eigenvalue weighted by atomic mass is 10.1. The summed E-state index contributed by atoms with van der Waals surface area (Å²) in [6.45, 7) is 7.62. The van der Waals surface area contributed by atoms with Crippen LogP contribution in [-0.4, -0.2) is 41.8 Å². The van der Waals surface area contributed by atoms with Crippen molar-refractivity contribution in [2.45, 2.75) is 25.9 Å². The molecule has 2 unspecified atom stereocenters. The zero-order valence-electron chi connectivity index (χ0n) is 8.08. The van der Waals surface area contributed by atoms with E-state index >= 15 is 0 Å². The first-order chi connectivity index (χ1) is 5.53. The third kappa shape index (κ3) is 2.73. The first-order valence-corrected chi connectivity index (χ1v) is 4.68. The summed E-state index contributed by atoms with van der Waals surface area (Å²) < 4.78 is 0. The predicted molar refractivity (Wildman–Crippen MR) is 49.9 cm³/mol. The molecule has 1 heterocycles. The van der Waals surface area contributed by atoms with Crippen molar-refractivity contribution in [1.82, 2.24) is 4.90 Å². The van der Waals surface area contributed by atoms with Crippen LogP contribution in [0, 0.1) is 5.92 Å². The second kappa shape index (κ2) is 3.73. The predicted octanol–water partition coefficient (Wildman–Crippen LogP) is 0.0379. The molecule has 0 bridgehead atoms. The number of aliphatic hydroxyl groups is 1. The van der Waals surface area contributed by atoms with Gasteiger partial charge in [-0.25, -0.2) is 0 Å². The summed E-state index contributed by atoms with van der Waals surface area (Å²) in [7, 11) is 0. The molecule has 1 aliphatic rings. The fourth-order valence-electron chi connectivity index (χ4n) is 1.71. The normalized spacial score (nSPS) is 34.0. The van der Waals surface area contributed by atoms with E-state index in [2.05, 4.69) is 11.8 Å². The number of hydrogen-bond acceptors (Lipinski definition) is 3. The fraction of sp³-hybridized carbons (Fsp3) is 1.00. The minimum atomic E-state index is -0.464. The van der Waals surface area contributed by atoms with E-state index in [-0.39, 0.29) is 0 Å². The Morgan fingerprint density at radius 1 is 1.67 bits per heavy atom. The summed E-state index contributed by atoms with van der Waals surface area (Å²) in [5.74, 6) is 0.541. The van der Waals surface area contributed by atoms with Crippen LogP contribution in [0.25, 0.3) is 0 Å². The van der Waals surface area contributed by atoms with Crippen molar-refractivity contribution < 1.29 is 5.11 Å². The van der Waals surface area contributed by atoms with Crippen LogP contribution in [0.4, 0.5) is 0 Å². The zero-order valence-corrected chi connectivity index (χ0v) is 8.08. The smallest absolute Gasteiger partial charge is 0.0758 e. The topological polar surface area (TPSA) is 49.5 Å². The first-order valence-electron chi connectivity index (χ1n) is 4.68. The largest absolute Gasteiger partial charge is 0.389 e. The molecular weight excluding hydrogens is 152 g/mol. The van der Waals surface area contributed by atoms with Crippen molar-refractivity contribution in [2.24, 2.45) is 11.7 Å². The van der Waals surface area contributed by atoms with Crippen molar-refractivity contribution in [3.05, 3.63) is 0 Å². The molecule has 12 heavy (non-hydrogen) atoms. The van der Waals surface area contributed by atoms with Crippen LogP contribution in [0.2, 0.25) is 0 Å². The molecule has 0 amide bonds. The van der Waals surface area contributed by atoms with Gasteiger partial charge >= 0.3 is 0 Å². The summed E-state index contributed by atoms with van der Waals surface area (Å²) in [6, 6.07) is 0. The van der Waals surface area contributed by atoms with Crippen LogP contribution < -0.4 is 5.73 Å². The highest BCUT2D eigenvalue weighted by atomic mass is 16.3. The van der Waals surface area contributed by atoms with Crippen molar-refractivity contribution in [3.63, 3.8) is 0 Å². The highest BCUT2D eigenvalue weighted by Crippen LogP contribution is 2.20. The van der Waals surface area contributed by atoms with Gasteiger partial charge in [0.05, 0.1) is 5.60 Å². The first kappa shape index (κ1) is 9.96. The Bertz CT molecular complexity index is 147. The SMILES string of the molecule is CC(CN)CN1CCC(C)(O)C1. The quantitative estimate of drug-likeness (QED) is 0.632. The van der Waals surface area contributed by atoms with E-state index in [9.17, 15) is 5.11 Å². The maximum atomic E-state index is 9.68. The van der Waals surface area contributed by atoms with E-state index in [1.54, 1.807) is 0 Å². The second-order valence-electron chi connectivity index (χ2n) is 4.32. The lowest BCUT2D eigenvalue weighted by Gasteiger charge is -2.21. The molecule has 3 nitrogen and oxygen atoms in total. The minimum absolute atomic E-state index is 0.464. The Hall–Kier alpha value is -0.120. The van der Waals surface area contributed by atoms with E-state index < -0.39 is 5.60 Å². The van der Waals surface area contributed by atoms with Gasteiger partial charge < -0.3 is 15.7 Å². The number of rotatable bonds is 3. The molecular formula is C9H20N2O. The Kier molecular flexibility index (Phi) is 3.09. The molecule has 1 fully saturated rings. The maximum Gasteiger partial charge on any atom is 0.0758 e. The summed E-state index contributed by atoms with van der Waals surface area (Å²) >= 11 is 0. The van der Waals surface area contributed by atoms with Crippen LogP contribution in [0.3, 0.4) is 0 Å². The van der Waals surface area contributed by atoms with Gasteiger partial charge in [-0.3, -0.25) is 0 Å². The average Bonchev–Trinajstić information content (AvgIpc) is 2.30. The van der Waals surface area contributed by atoms with E-state index in [1.807, 2.05) is 6.92 Å². The molecule has 0 radical (unpaired) electrons. The summed E-state index contributed by atoms with van der Waals surface area (Å²) in [5, 5.41) is 9.68. The average molecular weight is 172 g/mol. The Labute approximate surface area is 74.5 Å². The Morgan fingerprint density at radius 2 is 2.33 bits per heavy atom. The maximum absolute atomic E-state index is 9.68.